The van der Waals surface area contributed by atoms with E-state index in [9.17, 15) is 19.5 Å². The fraction of sp³-hybridized carbons (Fsp3) is 0.808. The number of ether oxygens (including phenoxy) is 2. The van der Waals surface area contributed by atoms with Crippen molar-refractivity contribution in [2.45, 2.75) is 116 Å². The van der Waals surface area contributed by atoms with Gasteiger partial charge in [-0.25, -0.2) is 4.79 Å². The summed E-state index contributed by atoms with van der Waals surface area (Å²) in [4.78, 5) is 35.2. The summed E-state index contributed by atoms with van der Waals surface area (Å²) in [6.45, 7) is 19.7. The molecule has 3 unspecified atom stereocenters. The van der Waals surface area contributed by atoms with Gasteiger partial charge >= 0.3 is 20.7 Å². The lowest BCUT2D eigenvalue weighted by molar-refractivity contribution is -0.159. The third-order valence-corrected chi connectivity index (χ3v) is 17.9. The zero-order chi connectivity index (χ0) is 30.8. The van der Waals surface area contributed by atoms with Crippen LogP contribution in [0.2, 0.25) is 65.0 Å². The van der Waals surface area contributed by atoms with Crippen LogP contribution in [0.1, 0.15) is 38.5 Å². The average molecular weight is 636 g/mol. The summed E-state index contributed by atoms with van der Waals surface area (Å²) in [5.41, 5.74) is 0. The van der Waals surface area contributed by atoms with Gasteiger partial charge in [-0.1, -0.05) is 6.42 Å². The molecule has 0 radical (unpaired) electrons. The molecule has 0 spiro atoms. The SMILES string of the molecule is COC(=O)C=CC(=O)NCCC(=O)OC1CC(CCC[Si](O[Si](C)(C)C)(O[Si](C)(C)C)O[Si](C)(C)C)CCC1O. The number of hydrogen-bond acceptors (Lipinski definition) is 9. The molecule has 0 aromatic rings. The van der Waals surface area contributed by atoms with Crippen LogP contribution in [0.3, 0.4) is 0 Å². The fourth-order valence-electron chi connectivity index (χ4n) is 4.59. The number of hydrogen-bond donors (Lipinski definition) is 2. The highest BCUT2D eigenvalue weighted by molar-refractivity contribution is 6.90. The van der Waals surface area contributed by atoms with Crippen molar-refractivity contribution in [3.8, 4) is 0 Å². The average Bonchev–Trinajstić information content (AvgIpc) is 2.75. The van der Waals surface area contributed by atoms with Crippen LogP contribution in [-0.4, -0.2) is 82.6 Å². The molecule has 2 N–H and O–H groups in total. The van der Waals surface area contributed by atoms with E-state index in [1.54, 1.807) is 0 Å². The molecule has 0 bridgehead atoms. The van der Waals surface area contributed by atoms with Crippen LogP contribution in [0.4, 0.5) is 0 Å². The third-order valence-electron chi connectivity index (χ3n) is 5.83. The van der Waals surface area contributed by atoms with Gasteiger partial charge < -0.3 is 32.2 Å². The number of carbonyl (C=O) groups is 3. The van der Waals surface area contributed by atoms with Crippen LogP contribution < -0.4 is 5.32 Å². The minimum absolute atomic E-state index is 0.0318. The Kier molecular flexibility index (Phi) is 14.7. The minimum atomic E-state index is -2.90. The molecule has 14 heteroatoms. The molecule has 3 atom stereocenters. The van der Waals surface area contributed by atoms with Crippen molar-refractivity contribution in [2.75, 3.05) is 13.7 Å². The van der Waals surface area contributed by atoms with Gasteiger partial charge in [0.2, 0.25) is 5.91 Å². The van der Waals surface area contributed by atoms with E-state index in [4.69, 9.17) is 17.1 Å². The molecule has 232 valence electrons. The van der Waals surface area contributed by atoms with Crippen LogP contribution in [0.15, 0.2) is 12.2 Å². The molecule has 1 amide bonds. The molecule has 0 saturated heterocycles. The predicted octanol–water partition coefficient (Wildman–Crippen LogP) is 4.57. The van der Waals surface area contributed by atoms with Crippen molar-refractivity contribution in [1.29, 1.82) is 0 Å². The quantitative estimate of drug-likeness (QED) is 0.142. The van der Waals surface area contributed by atoms with Crippen molar-refractivity contribution in [2.24, 2.45) is 5.92 Å². The number of methoxy groups -OCH3 is 1. The molecule has 1 fully saturated rings. The predicted molar refractivity (Wildman–Crippen MR) is 165 cm³/mol. The van der Waals surface area contributed by atoms with Gasteiger partial charge in [-0.3, -0.25) is 9.59 Å². The smallest absolute Gasteiger partial charge is 0.466 e. The van der Waals surface area contributed by atoms with E-state index >= 15 is 0 Å². The van der Waals surface area contributed by atoms with Crippen molar-refractivity contribution in [3.05, 3.63) is 12.2 Å². The van der Waals surface area contributed by atoms with Gasteiger partial charge in [0.05, 0.1) is 19.6 Å². The summed E-state index contributed by atoms with van der Waals surface area (Å²) in [6, 6.07) is 0.763. The zero-order valence-corrected chi connectivity index (χ0v) is 30.3. The molecule has 0 aromatic carbocycles. The van der Waals surface area contributed by atoms with Gasteiger partial charge in [-0.05, 0) is 90.5 Å². The van der Waals surface area contributed by atoms with E-state index in [0.29, 0.717) is 18.8 Å². The third kappa shape index (κ3) is 16.3. The first-order valence-electron chi connectivity index (χ1n) is 14.2. The molecular formula is C26H53NO9Si4. The molecule has 10 nitrogen and oxygen atoms in total. The Bertz CT molecular complexity index is 825. The van der Waals surface area contributed by atoms with E-state index in [1.807, 2.05) is 0 Å². The minimum Gasteiger partial charge on any atom is -0.466 e. The maximum atomic E-state index is 12.4. The first-order chi connectivity index (χ1) is 18.2. The highest BCUT2D eigenvalue weighted by atomic mass is 28.5. The molecule has 1 rings (SSSR count). The molecular weight excluding hydrogens is 583 g/mol. The summed E-state index contributed by atoms with van der Waals surface area (Å²) < 4.78 is 30.4. The van der Waals surface area contributed by atoms with Crippen LogP contribution in [0.25, 0.3) is 0 Å². The summed E-state index contributed by atoms with van der Waals surface area (Å²) in [7, 11) is -7.49. The Morgan fingerprint density at radius 2 is 1.43 bits per heavy atom. The standard InChI is InChI=1S/C26H53NO9Si4/c1-32-25(30)16-15-24(29)27-18-17-26(31)33-23-20-21(13-14-22(23)28)12-11-19-40(34-37(2,3)4,35-38(5,6)7)36-39(8,9)10/h15-16,21-23,28H,11-14,17-20H2,1-10H3,(H,27,29). The Balaban J connectivity index is 2.72. The highest BCUT2D eigenvalue weighted by Gasteiger charge is 2.49. The van der Waals surface area contributed by atoms with Crippen molar-refractivity contribution in [3.63, 3.8) is 0 Å². The Morgan fingerprint density at radius 3 is 1.93 bits per heavy atom. The maximum Gasteiger partial charge on any atom is 0.469 e. The van der Waals surface area contributed by atoms with Crippen molar-refractivity contribution in [1.82, 2.24) is 5.32 Å². The first kappa shape index (κ1) is 36.9. The molecule has 0 aromatic heterocycles. The Labute approximate surface area is 245 Å². The van der Waals surface area contributed by atoms with Gasteiger partial charge in [-0.2, -0.15) is 0 Å². The van der Waals surface area contributed by atoms with E-state index in [0.717, 1.165) is 37.5 Å². The van der Waals surface area contributed by atoms with E-state index in [2.05, 4.69) is 69.0 Å². The highest BCUT2D eigenvalue weighted by Crippen LogP contribution is 2.34. The molecule has 40 heavy (non-hydrogen) atoms. The van der Waals surface area contributed by atoms with Crippen molar-refractivity contribution < 1.29 is 41.3 Å². The Hall–Kier alpha value is -1.14. The van der Waals surface area contributed by atoms with E-state index in [1.165, 1.54) is 7.11 Å². The largest absolute Gasteiger partial charge is 0.469 e. The van der Waals surface area contributed by atoms with E-state index < -0.39 is 63.8 Å². The summed E-state index contributed by atoms with van der Waals surface area (Å²) in [5.74, 6) is -1.32. The summed E-state index contributed by atoms with van der Waals surface area (Å²) in [6.07, 6.45) is 4.57. The second kappa shape index (κ2) is 15.9. The number of aliphatic hydroxyl groups excluding tert-OH is 1. The second-order valence-corrected chi connectivity index (χ2v) is 30.4. The van der Waals surface area contributed by atoms with Gasteiger partial charge in [0, 0.05) is 24.7 Å². The number of carbonyl (C=O) groups excluding carboxylic acids is 3. The van der Waals surface area contributed by atoms with Crippen molar-refractivity contribution >= 4 is 51.6 Å². The van der Waals surface area contributed by atoms with Gasteiger partial charge in [0.25, 0.3) is 0 Å². The number of esters is 2. The molecule has 1 aliphatic rings. The Morgan fingerprint density at radius 1 is 0.875 bits per heavy atom. The zero-order valence-electron chi connectivity index (χ0n) is 26.3. The maximum absolute atomic E-state index is 12.4. The topological polar surface area (TPSA) is 130 Å². The lowest BCUT2D eigenvalue weighted by atomic mass is 9.83. The normalized spacial score (nSPS) is 20.8. The molecule has 0 heterocycles. The number of rotatable bonds is 16. The number of amides is 1. The van der Waals surface area contributed by atoms with Crippen LogP contribution in [-0.2, 0) is 36.2 Å². The molecule has 1 aliphatic carbocycles. The second-order valence-electron chi connectivity index (χ2n) is 13.4. The molecule has 0 aliphatic heterocycles. The summed E-state index contributed by atoms with van der Waals surface area (Å²) >= 11 is 0. The molecule has 1 saturated carbocycles. The summed E-state index contributed by atoms with van der Waals surface area (Å²) in [5, 5.41) is 13.0. The van der Waals surface area contributed by atoms with E-state index in [-0.39, 0.29) is 13.0 Å². The number of nitrogens with one attached hydrogen (secondary N) is 1. The van der Waals surface area contributed by atoms with Crippen LogP contribution in [0.5, 0.6) is 0 Å². The van der Waals surface area contributed by atoms with Crippen LogP contribution >= 0.6 is 0 Å². The fourth-order valence-corrected chi connectivity index (χ4v) is 19.3. The van der Waals surface area contributed by atoms with Gasteiger partial charge in [0.15, 0.2) is 25.0 Å². The monoisotopic (exact) mass is 635 g/mol. The van der Waals surface area contributed by atoms with Gasteiger partial charge in [0.1, 0.15) is 6.10 Å². The number of aliphatic hydroxyl groups is 1. The lowest BCUT2D eigenvalue weighted by Crippen LogP contribution is -2.60. The first-order valence-corrected chi connectivity index (χ1v) is 26.4. The van der Waals surface area contributed by atoms with Crippen LogP contribution in [0, 0.1) is 5.92 Å². The lowest BCUT2D eigenvalue weighted by Gasteiger charge is -2.43. The van der Waals surface area contributed by atoms with Gasteiger partial charge in [-0.15, -0.1) is 0 Å².